The molecule has 6 heteroatoms. The summed E-state index contributed by atoms with van der Waals surface area (Å²) in [7, 11) is 0. The van der Waals surface area contributed by atoms with Gasteiger partial charge in [0, 0.05) is 18.2 Å². The van der Waals surface area contributed by atoms with E-state index < -0.39 is 5.82 Å². The maximum absolute atomic E-state index is 14.3. The van der Waals surface area contributed by atoms with E-state index in [1.54, 1.807) is 29.2 Å². The second-order valence-electron chi connectivity index (χ2n) is 8.12. The molecule has 0 radical (unpaired) electrons. The van der Waals surface area contributed by atoms with Crippen molar-refractivity contribution in [2.75, 3.05) is 18.5 Å². The average molecular weight is 420 g/mol. The molecule has 3 aromatic rings. The number of nitrogens with zero attached hydrogens (tertiary/aromatic N) is 1. The molecule has 0 aliphatic carbocycles. The Morgan fingerprint density at radius 3 is 2.52 bits per heavy atom. The predicted octanol–water partition coefficient (Wildman–Crippen LogP) is 4.62. The molecule has 158 valence electrons. The molecule has 3 atom stereocenters. The Kier molecular flexibility index (Phi) is 4.94. The summed E-state index contributed by atoms with van der Waals surface area (Å²) in [6, 6.07) is 17.7. The van der Waals surface area contributed by atoms with E-state index in [4.69, 9.17) is 0 Å². The third-order valence-corrected chi connectivity index (χ3v) is 6.41. The van der Waals surface area contributed by atoms with Gasteiger partial charge in [-0.3, -0.25) is 4.79 Å². The van der Waals surface area contributed by atoms with Gasteiger partial charge in [-0.1, -0.05) is 30.3 Å². The van der Waals surface area contributed by atoms with Crippen LogP contribution >= 0.6 is 0 Å². The van der Waals surface area contributed by atoms with E-state index in [1.807, 2.05) is 18.2 Å². The van der Waals surface area contributed by atoms with Crippen molar-refractivity contribution < 1.29 is 18.7 Å². The Morgan fingerprint density at radius 2 is 1.77 bits per heavy atom. The first-order chi connectivity index (χ1) is 15.1. The molecule has 2 aliphatic heterocycles. The molecule has 5 rings (SSSR count). The molecule has 0 spiro atoms. The molecule has 0 bridgehead atoms. The van der Waals surface area contributed by atoms with Gasteiger partial charge in [0.15, 0.2) is 0 Å². The summed E-state index contributed by atoms with van der Waals surface area (Å²) in [6.07, 6.45) is 0.712. The van der Waals surface area contributed by atoms with E-state index in [2.05, 4.69) is 5.32 Å². The van der Waals surface area contributed by atoms with Crippen molar-refractivity contribution in [2.24, 2.45) is 5.92 Å². The van der Waals surface area contributed by atoms with Gasteiger partial charge in [0.2, 0.25) is 0 Å². The summed E-state index contributed by atoms with van der Waals surface area (Å²) in [5, 5.41) is 13.3. The van der Waals surface area contributed by atoms with Gasteiger partial charge in [-0.2, -0.15) is 0 Å². The number of benzene rings is 3. The van der Waals surface area contributed by atoms with Gasteiger partial charge in [0.05, 0.1) is 24.3 Å². The van der Waals surface area contributed by atoms with Crippen molar-refractivity contribution in [3.05, 3.63) is 89.5 Å². The van der Waals surface area contributed by atoms with Gasteiger partial charge in [-0.05, 0) is 59.5 Å². The topological polar surface area (TPSA) is 52.6 Å². The minimum atomic E-state index is -0.538. The summed E-state index contributed by atoms with van der Waals surface area (Å²) < 4.78 is 27.7. The predicted molar refractivity (Wildman–Crippen MR) is 115 cm³/mol. The van der Waals surface area contributed by atoms with Crippen LogP contribution in [-0.4, -0.2) is 35.1 Å². The largest absolute Gasteiger partial charge is 0.394 e. The molecule has 3 aromatic carbocycles. The minimum absolute atomic E-state index is 0.0108. The average Bonchev–Trinajstić information content (AvgIpc) is 3.24. The van der Waals surface area contributed by atoms with Gasteiger partial charge in [0.1, 0.15) is 11.6 Å². The third kappa shape index (κ3) is 3.37. The molecule has 0 aromatic heterocycles. The van der Waals surface area contributed by atoms with Crippen molar-refractivity contribution in [1.29, 1.82) is 0 Å². The number of aliphatic hydroxyl groups is 1. The number of nitrogens with one attached hydrogen (secondary N) is 1. The first kappa shape index (κ1) is 19.7. The number of amides is 1. The first-order valence-corrected chi connectivity index (χ1v) is 10.4. The van der Waals surface area contributed by atoms with E-state index in [0.29, 0.717) is 13.0 Å². The smallest absolute Gasteiger partial charge is 0.257 e. The van der Waals surface area contributed by atoms with E-state index >= 15 is 0 Å². The minimum Gasteiger partial charge on any atom is -0.394 e. The lowest BCUT2D eigenvalue weighted by molar-refractivity contribution is 0.0696. The molecule has 4 nitrogen and oxygen atoms in total. The summed E-state index contributed by atoms with van der Waals surface area (Å²) in [5.41, 5.74) is 3.61. The zero-order chi connectivity index (χ0) is 21.5. The lowest BCUT2D eigenvalue weighted by Gasteiger charge is -2.39. The molecule has 2 aliphatic rings. The van der Waals surface area contributed by atoms with Crippen LogP contribution in [0, 0.1) is 17.6 Å². The Bertz CT molecular complexity index is 1130. The molecular weight excluding hydrogens is 398 g/mol. The zero-order valence-corrected chi connectivity index (χ0v) is 16.8. The number of carbonyl (C=O) groups excluding carboxylic acids is 1. The number of anilines is 1. The summed E-state index contributed by atoms with van der Waals surface area (Å²) in [5.74, 6) is -1.17. The van der Waals surface area contributed by atoms with Crippen LogP contribution in [0.2, 0.25) is 0 Å². The maximum Gasteiger partial charge on any atom is 0.257 e. The number of fused-ring (bicyclic) bond motifs is 3. The maximum atomic E-state index is 14.3. The number of likely N-dealkylation sites (tertiary alicyclic amines) is 1. The fraction of sp³-hybridized carbons (Fsp3) is 0.240. The van der Waals surface area contributed by atoms with E-state index in [-0.39, 0.29) is 41.9 Å². The van der Waals surface area contributed by atoms with Crippen LogP contribution in [0.5, 0.6) is 0 Å². The Labute approximate surface area is 179 Å². The van der Waals surface area contributed by atoms with Crippen LogP contribution in [0.4, 0.5) is 14.5 Å². The molecule has 2 heterocycles. The zero-order valence-electron chi connectivity index (χ0n) is 16.8. The molecule has 31 heavy (non-hydrogen) atoms. The van der Waals surface area contributed by atoms with Gasteiger partial charge in [-0.15, -0.1) is 0 Å². The second-order valence-corrected chi connectivity index (χ2v) is 8.12. The Hall–Kier alpha value is -3.25. The van der Waals surface area contributed by atoms with E-state index in [0.717, 1.165) is 22.4 Å². The number of hydrogen-bond donors (Lipinski definition) is 2. The van der Waals surface area contributed by atoms with Crippen LogP contribution < -0.4 is 5.32 Å². The van der Waals surface area contributed by atoms with Crippen molar-refractivity contribution >= 4 is 11.6 Å². The molecule has 2 N–H and O–H groups in total. The fourth-order valence-corrected chi connectivity index (χ4v) is 4.90. The van der Waals surface area contributed by atoms with Crippen molar-refractivity contribution in [2.45, 2.75) is 18.5 Å². The van der Waals surface area contributed by atoms with Gasteiger partial charge < -0.3 is 15.3 Å². The van der Waals surface area contributed by atoms with Crippen LogP contribution in [0.1, 0.15) is 28.4 Å². The third-order valence-electron chi connectivity index (χ3n) is 6.41. The lowest BCUT2D eigenvalue weighted by Crippen LogP contribution is -2.43. The number of carbonyl (C=O) groups is 1. The highest BCUT2D eigenvalue weighted by molar-refractivity contribution is 5.95. The SMILES string of the molecule is O=C(c1ccccc1F)N1CC[C@H]2[C@H](CO)Nc3ccc(-c4ccc(F)cc4)cc3[C@H]21. The molecule has 0 saturated carbocycles. The number of halogens is 2. The van der Waals surface area contributed by atoms with E-state index in [1.165, 1.54) is 24.3 Å². The monoisotopic (exact) mass is 420 g/mol. The van der Waals surface area contributed by atoms with Crippen molar-refractivity contribution in [3.8, 4) is 11.1 Å². The van der Waals surface area contributed by atoms with E-state index in [9.17, 15) is 18.7 Å². The number of rotatable bonds is 3. The number of aliphatic hydroxyl groups excluding tert-OH is 1. The highest BCUT2D eigenvalue weighted by atomic mass is 19.1. The van der Waals surface area contributed by atoms with Crippen LogP contribution in [-0.2, 0) is 0 Å². The molecule has 1 saturated heterocycles. The molecule has 0 unspecified atom stereocenters. The molecular formula is C25H22F2N2O2. The second kappa shape index (κ2) is 7.78. The summed E-state index contributed by atoms with van der Waals surface area (Å²) >= 11 is 0. The quantitative estimate of drug-likeness (QED) is 0.650. The van der Waals surface area contributed by atoms with Gasteiger partial charge >= 0.3 is 0 Å². The Morgan fingerprint density at radius 1 is 1.03 bits per heavy atom. The molecule has 1 amide bonds. The fourth-order valence-electron chi connectivity index (χ4n) is 4.90. The lowest BCUT2D eigenvalue weighted by atomic mass is 9.82. The first-order valence-electron chi connectivity index (χ1n) is 10.4. The van der Waals surface area contributed by atoms with Crippen LogP contribution in [0.25, 0.3) is 11.1 Å². The highest BCUT2D eigenvalue weighted by Crippen LogP contribution is 2.47. The normalized spacial score (nSPS) is 21.9. The highest BCUT2D eigenvalue weighted by Gasteiger charge is 2.46. The number of hydrogen-bond acceptors (Lipinski definition) is 3. The van der Waals surface area contributed by atoms with Crippen molar-refractivity contribution in [1.82, 2.24) is 4.90 Å². The van der Waals surface area contributed by atoms with Crippen molar-refractivity contribution in [3.63, 3.8) is 0 Å². The standard InChI is InChI=1S/C25H22F2N2O2/c26-17-8-5-15(6-9-17)16-7-10-22-20(13-16)24-19(23(14-30)28-22)11-12-29(24)25(31)18-3-1-2-4-21(18)27/h1-10,13,19,23-24,28,30H,11-12,14H2/t19-,23-,24-/m0/s1. The Balaban J connectivity index is 1.58. The molecule has 1 fully saturated rings. The summed E-state index contributed by atoms with van der Waals surface area (Å²) in [4.78, 5) is 15.0. The van der Waals surface area contributed by atoms with Gasteiger partial charge in [0.25, 0.3) is 5.91 Å². The summed E-state index contributed by atoms with van der Waals surface area (Å²) in [6.45, 7) is 0.433. The van der Waals surface area contributed by atoms with Crippen LogP contribution in [0.15, 0.2) is 66.7 Å². The van der Waals surface area contributed by atoms with Gasteiger partial charge in [-0.25, -0.2) is 8.78 Å². The van der Waals surface area contributed by atoms with Crippen LogP contribution in [0.3, 0.4) is 0 Å².